The number of nitriles is 1. The van der Waals surface area contributed by atoms with Gasteiger partial charge in [-0.1, -0.05) is 25.2 Å². The third kappa shape index (κ3) is 8.80. The molecule has 2 fully saturated rings. The molecule has 21 heteroatoms. The van der Waals surface area contributed by atoms with E-state index in [0.717, 1.165) is 16.4 Å². The summed E-state index contributed by atoms with van der Waals surface area (Å²) >= 11 is 0. The van der Waals surface area contributed by atoms with Gasteiger partial charge in [-0.25, -0.2) is 18.6 Å². The van der Waals surface area contributed by atoms with Crippen LogP contribution in [-0.2, 0) is 26.8 Å². The van der Waals surface area contributed by atoms with Crippen molar-refractivity contribution in [3.05, 3.63) is 118 Å². The van der Waals surface area contributed by atoms with Gasteiger partial charge in [0.2, 0.25) is 5.91 Å². The number of aliphatic hydroxyl groups is 1. The summed E-state index contributed by atoms with van der Waals surface area (Å²) in [6.07, 6.45) is 11.0. The highest BCUT2D eigenvalue weighted by atomic mass is 32.2. The SMILES string of the molecule is CCN(C)S(=O)(=O)Nc1ccc(F)c(Oc2ccc3ncn(C4=C/C=C\C=C(\C(=O)CC5(O)CCN(c6cc7c(cc6F)c(N6CCC(=O)NC6=O)nn7C)CC5)C=C4)c(=O)c3c2)c1C#N. The first-order valence-electron chi connectivity index (χ1n) is 20.7. The summed E-state index contributed by atoms with van der Waals surface area (Å²) in [7, 11) is -1.07. The lowest BCUT2D eigenvalue weighted by Gasteiger charge is -2.39. The van der Waals surface area contributed by atoms with Gasteiger partial charge in [-0.05, 0) is 73.5 Å². The van der Waals surface area contributed by atoms with Crippen LogP contribution in [0.5, 0.6) is 11.5 Å². The maximum atomic E-state index is 15.7. The molecule has 0 unspecified atom stereocenters. The number of rotatable bonds is 12. The number of Topliss-reactive ketones (excluding diaryl/α,β-unsaturated/α-hetero) is 1. The minimum Gasteiger partial charge on any atom is -0.453 e. The smallest absolute Gasteiger partial charge is 0.329 e. The lowest BCUT2D eigenvalue weighted by molar-refractivity contribution is -0.121. The first-order chi connectivity index (χ1) is 31.5. The fourth-order valence-corrected chi connectivity index (χ4v) is 8.79. The standard InChI is InChI=1S/C45H42F2N10O8S/c1-4-53(2)66(63,64)52-36-14-12-33(46)41(32(36)25-48)65-29-11-13-35-30(21-29)43(60)57(26-49-35)28-8-6-5-7-27(9-10-28)39(58)24-45(62)16-19-55(20-17-45)38-23-37-31(22-34(38)47)42(51-54(37)3)56-18-15-40(59)50-44(56)61/h5-14,21-23,26,52,62H,4,15-20,24H2,1-3H3,(H,50,59,61)/b6-5-,7-5?,8-6?,10-9?,27-7+,27-9?,28-8?,28-10?. The molecule has 3 N–H and O–H groups in total. The first-order valence-corrected chi connectivity index (χ1v) is 22.1. The van der Waals surface area contributed by atoms with Gasteiger partial charge in [0.1, 0.15) is 29.5 Å². The summed E-state index contributed by atoms with van der Waals surface area (Å²) in [6, 6.07) is 10.3. The lowest BCUT2D eigenvalue weighted by Crippen LogP contribution is -2.49. The first kappa shape index (κ1) is 45.0. The molecule has 0 atom stereocenters. The number of fused-ring (bicyclic) bond motifs is 2. The van der Waals surface area contributed by atoms with Crippen molar-refractivity contribution in [1.29, 1.82) is 5.26 Å². The Kier molecular flexibility index (Phi) is 12.1. The number of hydrogen-bond donors (Lipinski definition) is 3. The number of anilines is 3. The highest BCUT2D eigenvalue weighted by Crippen LogP contribution is 2.37. The van der Waals surface area contributed by atoms with E-state index in [-0.39, 0.29) is 97.1 Å². The highest BCUT2D eigenvalue weighted by molar-refractivity contribution is 7.90. The van der Waals surface area contributed by atoms with Gasteiger partial charge in [0.15, 0.2) is 23.2 Å². The average molecular weight is 921 g/mol. The van der Waals surface area contributed by atoms with E-state index >= 15 is 8.78 Å². The zero-order valence-corrected chi connectivity index (χ0v) is 36.6. The van der Waals surface area contributed by atoms with Crippen LogP contribution in [0.1, 0.15) is 38.2 Å². The van der Waals surface area contributed by atoms with Crippen molar-refractivity contribution in [3.63, 3.8) is 0 Å². The predicted octanol–water partition coefficient (Wildman–Crippen LogP) is 5.16. The summed E-state index contributed by atoms with van der Waals surface area (Å²) in [6.45, 7) is 2.32. The van der Waals surface area contributed by atoms with Crippen LogP contribution in [0.3, 0.4) is 0 Å². The molecule has 340 valence electrons. The van der Waals surface area contributed by atoms with Crippen LogP contribution in [-0.4, -0.2) is 93.7 Å². The zero-order chi connectivity index (χ0) is 47.1. The molecule has 0 saturated carbocycles. The number of imide groups is 1. The van der Waals surface area contributed by atoms with Crippen molar-refractivity contribution in [2.45, 2.75) is 38.2 Å². The van der Waals surface area contributed by atoms with Gasteiger partial charge in [-0.3, -0.25) is 38.6 Å². The van der Waals surface area contributed by atoms with E-state index in [1.807, 2.05) is 0 Å². The second-order valence-corrected chi connectivity index (χ2v) is 17.7. The molecule has 8 rings (SSSR count). The monoisotopic (exact) mass is 920 g/mol. The number of aryl methyl sites for hydroxylation is 1. The van der Waals surface area contributed by atoms with Crippen LogP contribution in [0, 0.1) is 23.0 Å². The molecule has 0 radical (unpaired) electrons. The normalized spacial score (nSPS) is 17.7. The molecule has 4 heterocycles. The van der Waals surface area contributed by atoms with Crippen molar-refractivity contribution in [1.82, 2.24) is 29.0 Å². The predicted molar refractivity (Wildman–Crippen MR) is 241 cm³/mol. The van der Waals surface area contributed by atoms with Crippen LogP contribution < -0.4 is 30.1 Å². The van der Waals surface area contributed by atoms with Gasteiger partial charge in [-0.2, -0.15) is 23.1 Å². The Labute approximate surface area is 376 Å². The molecule has 0 spiro atoms. The Bertz CT molecular complexity index is 3200. The molecular formula is C45H42F2N10O8S. The number of nitrogens with zero attached hydrogens (tertiary/aromatic N) is 8. The van der Waals surface area contributed by atoms with Crippen LogP contribution in [0.2, 0.25) is 0 Å². The number of piperidine rings is 1. The van der Waals surface area contributed by atoms with Crippen molar-refractivity contribution in [2.75, 3.05) is 47.7 Å². The van der Waals surface area contributed by atoms with Crippen molar-refractivity contribution < 1.29 is 41.4 Å². The Morgan fingerprint density at radius 1 is 1.03 bits per heavy atom. The van der Waals surface area contributed by atoms with Gasteiger partial charge < -0.3 is 14.7 Å². The topological polar surface area (TPSA) is 225 Å². The Balaban J connectivity index is 0.953. The van der Waals surface area contributed by atoms with E-state index in [4.69, 9.17) is 4.74 Å². The average Bonchev–Trinajstić information content (AvgIpc) is 3.58. The van der Waals surface area contributed by atoms with Crippen molar-refractivity contribution in [3.8, 4) is 17.6 Å². The minimum atomic E-state index is -4.07. The Morgan fingerprint density at radius 2 is 1.79 bits per heavy atom. The van der Waals surface area contributed by atoms with Crippen molar-refractivity contribution >= 4 is 72.6 Å². The highest BCUT2D eigenvalue weighted by Gasteiger charge is 2.36. The third-order valence-electron chi connectivity index (χ3n) is 11.7. The maximum Gasteiger partial charge on any atom is 0.329 e. The molecule has 66 heavy (non-hydrogen) atoms. The van der Waals surface area contributed by atoms with Crippen LogP contribution in [0.4, 0.5) is 30.8 Å². The van der Waals surface area contributed by atoms with Gasteiger partial charge in [0.05, 0.1) is 39.1 Å². The minimum absolute atomic E-state index is 0.0412. The molecule has 3 aliphatic rings. The fraction of sp³-hybridized carbons (Fsp3) is 0.267. The molecule has 0 bridgehead atoms. The van der Waals surface area contributed by atoms with E-state index in [2.05, 4.69) is 20.1 Å². The number of allylic oxidation sites excluding steroid dienone is 8. The van der Waals surface area contributed by atoms with E-state index < -0.39 is 56.3 Å². The van der Waals surface area contributed by atoms with Gasteiger partial charge >= 0.3 is 16.2 Å². The number of carbonyl (C=O) groups excluding carboxylic acids is 3. The molecule has 2 aromatic heterocycles. The molecular weight excluding hydrogens is 879 g/mol. The van der Waals surface area contributed by atoms with Crippen LogP contribution >= 0.6 is 0 Å². The molecule has 1 aliphatic carbocycles. The van der Waals surface area contributed by atoms with E-state index in [1.165, 1.54) is 57.9 Å². The summed E-state index contributed by atoms with van der Waals surface area (Å²) in [4.78, 5) is 59.4. The quantitative estimate of drug-likeness (QED) is 0.148. The lowest BCUT2D eigenvalue weighted by atomic mass is 9.84. The number of amides is 3. The number of ether oxygens (including phenoxy) is 1. The van der Waals surface area contributed by atoms with Crippen LogP contribution in [0.25, 0.3) is 27.5 Å². The molecule has 3 aromatic carbocycles. The zero-order valence-electron chi connectivity index (χ0n) is 35.8. The largest absolute Gasteiger partial charge is 0.453 e. The Morgan fingerprint density at radius 3 is 2.52 bits per heavy atom. The third-order valence-corrected chi connectivity index (χ3v) is 13.2. The number of aromatic nitrogens is 4. The molecule has 2 aliphatic heterocycles. The van der Waals surface area contributed by atoms with E-state index in [0.29, 0.717) is 16.6 Å². The number of carbonyl (C=O) groups is 3. The maximum absolute atomic E-state index is 15.7. The molecule has 18 nitrogen and oxygen atoms in total. The van der Waals surface area contributed by atoms with Gasteiger partial charge in [0, 0.05) is 64.1 Å². The molecule has 5 aromatic rings. The van der Waals surface area contributed by atoms with Crippen molar-refractivity contribution in [2.24, 2.45) is 7.05 Å². The summed E-state index contributed by atoms with van der Waals surface area (Å²) < 4.78 is 68.1. The van der Waals surface area contributed by atoms with Gasteiger partial charge in [0.25, 0.3) is 5.56 Å². The Hall–Kier alpha value is -7.54. The fourth-order valence-electron chi connectivity index (χ4n) is 7.85. The summed E-state index contributed by atoms with van der Waals surface area (Å²) in [5, 5.41) is 28.7. The summed E-state index contributed by atoms with van der Waals surface area (Å²) in [5.74, 6) is -2.65. The molecule has 3 amide bonds. The van der Waals surface area contributed by atoms with Crippen LogP contribution in [0.15, 0.2) is 95.6 Å². The van der Waals surface area contributed by atoms with Gasteiger partial charge in [-0.15, -0.1) is 0 Å². The number of urea groups is 1. The second-order valence-electron chi connectivity index (χ2n) is 15.9. The summed E-state index contributed by atoms with van der Waals surface area (Å²) in [5.41, 5.74) is -0.901. The van der Waals surface area contributed by atoms with E-state index in [9.17, 15) is 38.0 Å². The number of ketones is 1. The number of halogens is 2. The number of benzene rings is 3. The molecule has 2 saturated heterocycles. The van der Waals surface area contributed by atoms with E-state index in [1.54, 1.807) is 61.4 Å². The number of nitrogens with one attached hydrogen (secondary N) is 2. The number of hydrogen-bond acceptors (Lipinski definition) is 12. The second kappa shape index (κ2) is 17.8.